The molecule has 0 N–H and O–H groups in total. The summed E-state index contributed by atoms with van der Waals surface area (Å²) in [5, 5.41) is 0. The highest BCUT2D eigenvalue weighted by Crippen LogP contribution is 2.33. The van der Waals surface area contributed by atoms with Crippen molar-refractivity contribution in [2.24, 2.45) is 0 Å². The Morgan fingerprint density at radius 3 is 1.67 bits per heavy atom. The molecule has 0 aromatic heterocycles. The predicted molar refractivity (Wildman–Crippen MR) is 30.0 cm³/mol. The van der Waals surface area contributed by atoms with Gasteiger partial charge in [-0.1, -0.05) is 0 Å². The molecule has 0 aliphatic rings. The van der Waals surface area contributed by atoms with Crippen LogP contribution in [0.4, 0.5) is 30.7 Å². The average Bonchev–Trinajstić information content (AvgIpc) is 1.74. The van der Waals surface area contributed by atoms with Crippen molar-refractivity contribution in [3.05, 3.63) is 0 Å². The fraction of sp³-hybridized carbons (Fsp3) is 1.00. The van der Waals surface area contributed by atoms with Crippen LogP contribution < -0.4 is 0 Å². The molecule has 10 heteroatoms. The minimum Gasteiger partial charge on any atom is -0.376 e. The lowest BCUT2D eigenvalue weighted by molar-refractivity contribution is -0.535. The summed E-state index contributed by atoms with van der Waals surface area (Å²) in [5.74, 6) is 0. The summed E-state index contributed by atoms with van der Waals surface area (Å²) < 4.78 is 90.5. The topological polar surface area (TPSA) is 27.7 Å². The van der Waals surface area contributed by atoms with Crippen molar-refractivity contribution >= 4 is 0 Å². The first-order valence-corrected chi connectivity index (χ1v) is 3.19. The Morgan fingerprint density at radius 2 is 1.33 bits per heavy atom. The minimum atomic E-state index is -5.80. The van der Waals surface area contributed by atoms with Crippen molar-refractivity contribution < 1.29 is 44.9 Å². The summed E-state index contributed by atoms with van der Waals surface area (Å²) in [4.78, 5) is 0. The van der Waals surface area contributed by atoms with Crippen LogP contribution in [0.2, 0.25) is 0 Å². The van der Waals surface area contributed by atoms with E-state index in [9.17, 15) is 30.7 Å². The van der Waals surface area contributed by atoms with Crippen LogP contribution in [-0.4, -0.2) is 32.5 Å². The third-order valence-corrected chi connectivity index (χ3v) is 0.815. The van der Waals surface area contributed by atoms with Gasteiger partial charge in [-0.25, -0.2) is 4.74 Å². The number of methoxy groups -OCH3 is 1. The van der Waals surface area contributed by atoms with Gasteiger partial charge in [-0.2, -0.15) is 13.5 Å². The van der Waals surface area contributed by atoms with Crippen LogP contribution in [0, 0.1) is 0 Å². The second kappa shape index (κ2) is 4.49. The van der Waals surface area contributed by atoms with Gasteiger partial charge in [0.05, 0.1) is 0 Å². The van der Waals surface area contributed by atoms with Gasteiger partial charge in [-0.3, -0.25) is 0 Å². The molecule has 0 radical (unpaired) electrons. The number of rotatable bonds is 5. The highest BCUT2D eigenvalue weighted by atomic mass is 19.4. The maximum absolute atomic E-state index is 12.2. The van der Waals surface area contributed by atoms with Gasteiger partial charge >= 0.3 is 18.8 Å². The summed E-state index contributed by atoms with van der Waals surface area (Å²) in [6, 6.07) is 0. The number of alkyl halides is 7. The summed E-state index contributed by atoms with van der Waals surface area (Å²) in [6.45, 7) is -1.64. The Labute approximate surface area is 78.7 Å². The lowest BCUT2D eigenvalue weighted by Crippen LogP contribution is -2.41. The van der Waals surface area contributed by atoms with Crippen LogP contribution in [-0.2, 0) is 14.2 Å². The van der Waals surface area contributed by atoms with Crippen LogP contribution in [0.3, 0.4) is 0 Å². The molecule has 0 saturated carbocycles. The van der Waals surface area contributed by atoms with E-state index in [1.165, 1.54) is 0 Å². The summed E-state index contributed by atoms with van der Waals surface area (Å²) >= 11 is 0. The van der Waals surface area contributed by atoms with Crippen molar-refractivity contribution in [2.75, 3.05) is 13.7 Å². The van der Waals surface area contributed by atoms with Crippen LogP contribution in [0.5, 0.6) is 0 Å². The molecule has 0 amide bonds. The van der Waals surface area contributed by atoms with Crippen LogP contribution in [0.25, 0.3) is 0 Å². The molecule has 0 unspecified atom stereocenters. The predicted octanol–water partition coefficient (Wildman–Crippen LogP) is 2.33. The second-order valence-electron chi connectivity index (χ2n) is 2.18. The van der Waals surface area contributed by atoms with Gasteiger partial charge < -0.3 is 4.74 Å². The molecule has 0 atom stereocenters. The van der Waals surface area contributed by atoms with Crippen LogP contribution in [0.1, 0.15) is 0 Å². The minimum absolute atomic E-state index is 0.722. The van der Waals surface area contributed by atoms with E-state index in [-0.39, 0.29) is 0 Å². The molecule has 0 aliphatic carbocycles. The molecule has 0 aromatic carbocycles. The zero-order chi connectivity index (χ0) is 12.3. The van der Waals surface area contributed by atoms with Crippen molar-refractivity contribution in [3.8, 4) is 0 Å². The molecule has 0 heterocycles. The Balaban J connectivity index is 4.36. The molecule has 0 rings (SSSR count). The molecular formula is C5H5F7O3. The number of hydrogen-bond donors (Lipinski definition) is 0. The van der Waals surface area contributed by atoms with Crippen LogP contribution >= 0.6 is 0 Å². The lowest BCUT2D eigenvalue weighted by Gasteiger charge is -2.22. The van der Waals surface area contributed by atoms with Crippen LogP contribution in [0.15, 0.2) is 0 Å². The normalized spacial score (nSPS) is 14.4. The van der Waals surface area contributed by atoms with Crippen molar-refractivity contribution in [2.45, 2.75) is 18.8 Å². The molecule has 0 aliphatic heterocycles. The first-order valence-electron chi connectivity index (χ1n) is 3.19. The van der Waals surface area contributed by atoms with E-state index < -0.39 is 25.4 Å². The molecule has 3 nitrogen and oxygen atoms in total. The molecule has 92 valence electrons. The van der Waals surface area contributed by atoms with Crippen molar-refractivity contribution in [1.82, 2.24) is 0 Å². The third-order valence-electron chi connectivity index (χ3n) is 0.815. The number of halogens is 7. The van der Waals surface area contributed by atoms with Gasteiger partial charge in [0, 0.05) is 7.11 Å². The second-order valence-corrected chi connectivity index (χ2v) is 2.18. The molecule has 0 saturated heterocycles. The standard InChI is InChI=1S/C5H5F7O3/c1-13-2-3(6,7)14-5(11,12)15-4(8,9)10/h2H2,1H3. The SMILES string of the molecule is COCC(F)(F)OC(F)(F)OC(F)(F)F. The Kier molecular flexibility index (Phi) is 4.31. The van der Waals surface area contributed by atoms with E-state index >= 15 is 0 Å². The van der Waals surface area contributed by atoms with Gasteiger partial charge in [0.15, 0.2) is 0 Å². The van der Waals surface area contributed by atoms with E-state index in [1.807, 2.05) is 4.74 Å². The highest BCUT2D eigenvalue weighted by molar-refractivity contribution is 4.51. The summed E-state index contributed by atoms with van der Waals surface area (Å²) in [7, 11) is 0.722. The highest BCUT2D eigenvalue weighted by Gasteiger charge is 2.52. The molecule has 0 fully saturated rings. The van der Waals surface area contributed by atoms with Gasteiger partial charge in [0.2, 0.25) is 0 Å². The maximum Gasteiger partial charge on any atom is 0.529 e. The lowest BCUT2D eigenvalue weighted by atomic mass is 10.7. The first kappa shape index (κ1) is 14.4. The molecule has 15 heavy (non-hydrogen) atoms. The number of ether oxygens (including phenoxy) is 3. The smallest absolute Gasteiger partial charge is 0.376 e. The summed E-state index contributed by atoms with van der Waals surface area (Å²) in [6.07, 6.45) is -15.9. The third kappa shape index (κ3) is 7.33. The molecule has 0 aromatic rings. The van der Waals surface area contributed by atoms with E-state index in [4.69, 9.17) is 0 Å². The monoisotopic (exact) mass is 246 g/mol. The molecule has 0 spiro atoms. The van der Waals surface area contributed by atoms with Gasteiger partial charge in [-0.05, 0) is 0 Å². The fourth-order valence-electron chi connectivity index (χ4n) is 0.527. The molecule has 0 bridgehead atoms. The van der Waals surface area contributed by atoms with Gasteiger partial charge in [-0.15, -0.1) is 22.0 Å². The van der Waals surface area contributed by atoms with E-state index in [1.54, 1.807) is 0 Å². The van der Waals surface area contributed by atoms with Crippen molar-refractivity contribution in [3.63, 3.8) is 0 Å². The average molecular weight is 246 g/mol. The van der Waals surface area contributed by atoms with Crippen molar-refractivity contribution in [1.29, 1.82) is 0 Å². The Morgan fingerprint density at radius 1 is 0.867 bits per heavy atom. The Bertz CT molecular complexity index is 201. The Hall–Kier alpha value is -0.610. The van der Waals surface area contributed by atoms with Gasteiger partial charge in [0.1, 0.15) is 6.61 Å². The zero-order valence-corrected chi connectivity index (χ0v) is 7.08. The van der Waals surface area contributed by atoms with E-state index in [0.717, 1.165) is 7.11 Å². The molecular weight excluding hydrogens is 241 g/mol. The largest absolute Gasteiger partial charge is 0.529 e. The maximum atomic E-state index is 12.2. The fourth-order valence-corrected chi connectivity index (χ4v) is 0.527. The first-order chi connectivity index (χ1) is 6.47. The van der Waals surface area contributed by atoms with E-state index in [0.29, 0.717) is 0 Å². The zero-order valence-electron chi connectivity index (χ0n) is 7.08. The number of hydrogen-bond acceptors (Lipinski definition) is 3. The quantitative estimate of drug-likeness (QED) is 0.550. The van der Waals surface area contributed by atoms with Gasteiger partial charge in [0.25, 0.3) is 0 Å². The van der Waals surface area contributed by atoms with E-state index in [2.05, 4.69) is 9.47 Å². The summed E-state index contributed by atoms with van der Waals surface area (Å²) in [5.41, 5.74) is 0.